The fourth-order valence-electron chi connectivity index (χ4n) is 3.75. The number of piperidine rings is 1. The van der Waals surface area contributed by atoms with Crippen molar-refractivity contribution in [2.45, 2.75) is 45.3 Å². The highest BCUT2D eigenvalue weighted by Gasteiger charge is 2.29. The number of hydrogen-bond acceptors (Lipinski definition) is 6. The standard InChI is InChI=1S/C24H26ClN3O4/c1-24(2,3)32-23(30)28-12-6-7-16(14-28)31-22-18-9-5-4-8-17(18)21(26-27-22)19-11-10-15(25)13-20(19)29/h4-5,8-11,13,16,29H,6-7,12,14H2,1-3H3/t16-/m1/s1. The minimum absolute atomic E-state index is 0.0332. The summed E-state index contributed by atoms with van der Waals surface area (Å²) >= 11 is 5.97. The first-order chi connectivity index (χ1) is 15.2. The zero-order valence-corrected chi connectivity index (χ0v) is 19.1. The topological polar surface area (TPSA) is 84.8 Å². The van der Waals surface area contributed by atoms with Gasteiger partial charge in [0.15, 0.2) is 0 Å². The number of phenols is 1. The molecule has 1 atom stereocenters. The van der Waals surface area contributed by atoms with E-state index in [1.54, 1.807) is 17.0 Å². The van der Waals surface area contributed by atoms with Crippen LogP contribution in [0.4, 0.5) is 4.79 Å². The first-order valence-corrected chi connectivity index (χ1v) is 11.0. The van der Waals surface area contributed by atoms with Gasteiger partial charge >= 0.3 is 6.09 Å². The summed E-state index contributed by atoms with van der Waals surface area (Å²) in [5.74, 6) is 0.430. The van der Waals surface area contributed by atoms with E-state index >= 15 is 0 Å². The van der Waals surface area contributed by atoms with Crippen LogP contribution in [0.5, 0.6) is 11.6 Å². The second kappa shape index (κ2) is 8.82. The van der Waals surface area contributed by atoms with Gasteiger partial charge in [0.2, 0.25) is 5.88 Å². The average molecular weight is 456 g/mol. The molecule has 2 aromatic carbocycles. The third-order valence-electron chi connectivity index (χ3n) is 5.18. The fraction of sp³-hybridized carbons (Fsp3) is 0.375. The molecule has 168 valence electrons. The van der Waals surface area contributed by atoms with E-state index in [-0.39, 0.29) is 17.9 Å². The van der Waals surface area contributed by atoms with Crippen LogP contribution >= 0.6 is 11.6 Å². The Hall–Kier alpha value is -3.06. The molecule has 1 aliphatic rings. The third-order valence-corrected chi connectivity index (χ3v) is 5.41. The highest BCUT2D eigenvalue weighted by Crippen LogP contribution is 2.36. The molecule has 2 heterocycles. The SMILES string of the molecule is CC(C)(C)OC(=O)N1CCC[C@@H](Oc2nnc(-c3ccc(Cl)cc3O)c3ccccc23)C1. The predicted molar refractivity (Wildman–Crippen MR) is 123 cm³/mol. The molecule has 3 aromatic rings. The fourth-order valence-corrected chi connectivity index (χ4v) is 3.92. The number of hydrogen-bond donors (Lipinski definition) is 1. The van der Waals surface area contributed by atoms with E-state index in [9.17, 15) is 9.90 Å². The Bertz CT molecular complexity index is 1150. The molecule has 32 heavy (non-hydrogen) atoms. The number of ether oxygens (including phenoxy) is 2. The summed E-state index contributed by atoms with van der Waals surface area (Å²) in [5.41, 5.74) is 0.537. The van der Waals surface area contributed by atoms with Gasteiger partial charge in [-0.05, 0) is 57.9 Å². The maximum absolute atomic E-state index is 12.5. The molecule has 1 aromatic heterocycles. The highest BCUT2D eigenvalue weighted by molar-refractivity contribution is 6.30. The normalized spacial score (nSPS) is 16.8. The summed E-state index contributed by atoms with van der Waals surface area (Å²) in [4.78, 5) is 14.1. The summed E-state index contributed by atoms with van der Waals surface area (Å²) < 4.78 is 11.7. The van der Waals surface area contributed by atoms with Gasteiger partial charge in [0, 0.05) is 27.9 Å². The van der Waals surface area contributed by atoms with Crippen LogP contribution in [-0.2, 0) is 4.74 Å². The molecular formula is C24H26ClN3O4. The lowest BCUT2D eigenvalue weighted by molar-refractivity contribution is 0.00733. The molecule has 0 unspecified atom stereocenters. The monoisotopic (exact) mass is 455 g/mol. The molecule has 1 aliphatic heterocycles. The molecular weight excluding hydrogens is 430 g/mol. The van der Waals surface area contributed by atoms with E-state index in [0.717, 1.165) is 23.6 Å². The molecule has 1 N–H and O–H groups in total. The summed E-state index contributed by atoms with van der Waals surface area (Å²) in [6.45, 7) is 6.61. The molecule has 1 saturated heterocycles. The largest absolute Gasteiger partial charge is 0.507 e. The number of carbonyl (C=O) groups excluding carboxylic acids is 1. The van der Waals surface area contributed by atoms with Crippen LogP contribution in [0.25, 0.3) is 22.0 Å². The van der Waals surface area contributed by atoms with Gasteiger partial charge in [-0.15, -0.1) is 10.2 Å². The zero-order valence-electron chi connectivity index (χ0n) is 18.3. The van der Waals surface area contributed by atoms with Crippen molar-refractivity contribution in [2.75, 3.05) is 13.1 Å². The summed E-state index contributed by atoms with van der Waals surface area (Å²) in [7, 11) is 0. The molecule has 0 radical (unpaired) electrons. The van der Waals surface area contributed by atoms with Gasteiger partial charge in [0.25, 0.3) is 0 Å². The number of likely N-dealkylation sites (tertiary alicyclic amines) is 1. The lowest BCUT2D eigenvalue weighted by atomic mass is 10.0. The van der Waals surface area contributed by atoms with Crippen LogP contribution in [0.2, 0.25) is 5.02 Å². The van der Waals surface area contributed by atoms with Crippen molar-refractivity contribution in [2.24, 2.45) is 0 Å². The molecule has 0 saturated carbocycles. The Morgan fingerprint density at radius 2 is 1.91 bits per heavy atom. The quantitative estimate of drug-likeness (QED) is 0.566. The lowest BCUT2D eigenvalue weighted by Gasteiger charge is -2.34. The van der Waals surface area contributed by atoms with Crippen molar-refractivity contribution in [3.05, 3.63) is 47.5 Å². The van der Waals surface area contributed by atoms with E-state index in [1.807, 2.05) is 45.0 Å². The van der Waals surface area contributed by atoms with Crippen molar-refractivity contribution in [1.29, 1.82) is 0 Å². The van der Waals surface area contributed by atoms with Crippen molar-refractivity contribution in [1.82, 2.24) is 15.1 Å². The summed E-state index contributed by atoms with van der Waals surface area (Å²) in [6.07, 6.45) is 1.06. The zero-order chi connectivity index (χ0) is 22.9. The van der Waals surface area contributed by atoms with Gasteiger partial charge in [-0.25, -0.2) is 4.79 Å². The number of halogens is 1. The van der Waals surface area contributed by atoms with Gasteiger partial charge in [0.05, 0.1) is 6.54 Å². The lowest BCUT2D eigenvalue weighted by Crippen LogP contribution is -2.46. The number of amides is 1. The Morgan fingerprint density at radius 1 is 1.16 bits per heavy atom. The molecule has 1 amide bonds. The highest BCUT2D eigenvalue weighted by atomic mass is 35.5. The Morgan fingerprint density at radius 3 is 2.62 bits per heavy atom. The van der Waals surface area contributed by atoms with Crippen molar-refractivity contribution in [3.8, 4) is 22.9 Å². The Kier molecular flexibility index (Phi) is 6.11. The van der Waals surface area contributed by atoms with Crippen molar-refractivity contribution >= 4 is 28.5 Å². The average Bonchev–Trinajstić information content (AvgIpc) is 2.74. The maximum Gasteiger partial charge on any atom is 0.410 e. The van der Waals surface area contributed by atoms with E-state index in [0.29, 0.717) is 35.2 Å². The first kappa shape index (κ1) is 22.1. The molecule has 0 bridgehead atoms. The molecule has 1 fully saturated rings. The molecule has 0 aliphatic carbocycles. The predicted octanol–water partition coefficient (Wildman–Crippen LogP) is 5.43. The maximum atomic E-state index is 12.5. The van der Waals surface area contributed by atoms with E-state index < -0.39 is 5.60 Å². The van der Waals surface area contributed by atoms with E-state index in [4.69, 9.17) is 21.1 Å². The summed E-state index contributed by atoms with van der Waals surface area (Å²) in [5, 5.41) is 21.1. The number of carbonyl (C=O) groups is 1. The van der Waals surface area contributed by atoms with Crippen LogP contribution in [0.3, 0.4) is 0 Å². The number of fused-ring (bicyclic) bond motifs is 1. The van der Waals surface area contributed by atoms with E-state index in [1.165, 1.54) is 6.07 Å². The number of aromatic hydroxyl groups is 1. The van der Waals surface area contributed by atoms with Crippen LogP contribution in [0.15, 0.2) is 42.5 Å². The minimum Gasteiger partial charge on any atom is -0.507 e. The smallest absolute Gasteiger partial charge is 0.410 e. The molecule has 7 nitrogen and oxygen atoms in total. The Balaban J connectivity index is 1.60. The minimum atomic E-state index is -0.546. The van der Waals surface area contributed by atoms with Gasteiger partial charge in [0.1, 0.15) is 23.1 Å². The van der Waals surface area contributed by atoms with Crippen molar-refractivity contribution < 1.29 is 19.4 Å². The molecule has 8 heteroatoms. The number of phenolic OH excluding ortho intramolecular Hbond substituents is 1. The second-order valence-corrected chi connectivity index (χ2v) is 9.31. The van der Waals surface area contributed by atoms with E-state index in [2.05, 4.69) is 10.2 Å². The first-order valence-electron chi connectivity index (χ1n) is 10.6. The number of benzene rings is 2. The Labute approximate surface area is 191 Å². The van der Waals surface area contributed by atoms with Crippen LogP contribution in [0.1, 0.15) is 33.6 Å². The number of nitrogens with zero attached hydrogens (tertiary/aromatic N) is 3. The summed E-state index contributed by atoms with van der Waals surface area (Å²) in [6, 6.07) is 12.5. The van der Waals surface area contributed by atoms with Gasteiger partial charge in [-0.3, -0.25) is 0 Å². The van der Waals surface area contributed by atoms with Gasteiger partial charge in [-0.2, -0.15) is 0 Å². The van der Waals surface area contributed by atoms with Crippen LogP contribution in [0, 0.1) is 0 Å². The van der Waals surface area contributed by atoms with Crippen molar-refractivity contribution in [3.63, 3.8) is 0 Å². The third kappa shape index (κ3) is 4.88. The molecule has 0 spiro atoms. The van der Waals surface area contributed by atoms with Crippen LogP contribution < -0.4 is 4.74 Å². The number of aromatic nitrogens is 2. The van der Waals surface area contributed by atoms with Crippen LogP contribution in [-0.4, -0.2) is 51.1 Å². The second-order valence-electron chi connectivity index (χ2n) is 8.87. The molecule has 4 rings (SSSR count). The van der Waals surface area contributed by atoms with Gasteiger partial charge < -0.3 is 19.5 Å². The number of rotatable bonds is 3. The van der Waals surface area contributed by atoms with Gasteiger partial charge in [-0.1, -0.05) is 29.8 Å².